The third-order valence-electron chi connectivity index (χ3n) is 4.00. The molecule has 7 heteroatoms. The molecule has 1 aliphatic carbocycles. The summed E-state index contributed by atoms with van der Waals surface area (Å²) >= 11 is 1.35. The predicted molar refractivity (Wildman–Crippen MR) is 94.3 cm³/mol. The minimum atomic E-state index is -4.34. The van der Waals surface area contributed by atoms with Crippen LogP contribution in [0.25, 0.3) is 10.6 Å². The molecule has 1 saturated carbocycles. The van der Waals surface area contributed by atoms with E-state index in [0.717, 1.165) is 42.8 Å². The maximum atomic E-state index is 12.6. The van der Waals surface area contributed by atoms with Crippen LogP contribution in [0.15, 0.2) is 30.5 Å². The third kappa shape index (κ3) is 4.51. The van der Waals surface area contributed by atoms with Gasteiger partial charge in [-0.2, -0.15) is 18.4 Å². The first-order valence-corrected chi connectivity index (χ1v) is 9.06. The van der Waals surface area contributed by atoms with Crippen molar-refractivity contribution in [2.24, 2.45) is 0 Å². The van der Waals surface area contributed by atoms with Gasteiger partial charge in [0.25, 0.3) is 0 Å². The first-order chi connectivity index (χ1) is 11.9. The van der Waals surface area contributed by atoms with E-state index in [4.69, 9.17) is 0 Å². The Morgan fingerprint density at radius 1 is 1.16 bits per heavy atom. The minimum Gasteiger partial charge on any atom is -0.358 e. The number of anilines is 1. The van der Waals surface area contributed by atoms with E-state index in [1.54, 1.807) is 6.20 Å². The lowest BCUT2D eigenvalue weighted by molar-refractivity contribution is -0.137. The highest BCUT2D eigenvalue weighted by molar-refractivity contribution is 7.18. The van der Waals surface area contributed by atoms with Gasteiger partial charge in [0.05, 0.1) is 17.8 Å². The fourth-order valence-electron chi connectivity index (χ4n) is 2.75. The number of hydrogen-bond donors (Lipinski definition) is 1. The van der Waals surface area contributed by atoms with Crippen LogP contribution in [-0.2, 0) is 6.18 Å². The first-order valence-electron chi connectivity index (χ1n) is 8.25. The molecule has 2 aromatic rings. The molecule has 25 heavy (non-hydrogen) atoms. The number of halogens is 3. The number of alkyl halides is 3. The van der Waals surface area contributed by atoms with E-state index in [2.05, 4.69) is 16.4 Å². The van der Waals surface area contributed by atoms with Gasteiger partial charge in [-0.05, 0) is 37.8 Å². The second kappa shape index (κ2) is 7.87. The summed E-state index contributed by atoms with van der Waals surface area (Å²) in [5.74, 6) is 0. The first kappa shape index (κ1) is 19.3. The van der Waals surface area contributed by atoms with E-state index in [1.807, 2.05) is 13.8 Å². The minimum absolute atomic E-state index is 0.538. The highest BCUT2D eigenvalue weighted by atomic mass is 32.1. The molecule has 0 atom stereocenters. The Morgan fingerprint density at radius 2 is 1.76 bits per heavy atom. The molecule has 0 radical (unpaired) electrons. The lowest BCUT2D eigenvalue weighted by Gasteiger charge is -2.21. The summed E-state index contributed by atoms with van der Waals surface area (Å²) < 4.78 is 37.7. The molecule has 0 unspecified atom stereocenters. The van der Waals surface area contributed by atoms with Gasteiger partial charge in [0.15, 0.2) is 0 Å². The van der Waals surface area contributed by atoms with Crippen molar-refractivity contribution in [3.8, 4) is 16.6 Å². The van der Waals surface area contributed by atoms with Gasteiger partial charge in [-0.25, -0.2) is 4.98 Å². The van der Waals surface area contributed by atoms with Crippen molar-refractivity contribution in [1.29, 1.82) is 5.26 Å². The van der Waals surface area contributed by atoms with Crippen LogP contribution in [0.5, 0.6) is 0 Å². The second-order valence-corrected chi connectivity index (χ2v) is 6.66. The predicted octanol–water partition coefficient (Wildman–Crippen LogP) is 6.10. The van der Waals surface area contributed by atoms with Gasteiger partial charge in [-0.1, -0.05) is 37.3 Å². The van der Waals surface area contributed by atoms with Crippen LogP contribution in [0, 0.1) is 11.3 Å². The van der Waals surface area contributed by atoms with Crippen LogP contribution in [0.2, 0.25) is 0 Å². The van der Waals surface area contributed by atoms with Crippen LogP contribution in [-0.4, -0.2) is 10.5 Å². The number of benzene rings is 1. The summed E-state index contributed by atoms with van der Waals surface area (Å²) in [6, 6.07) is 7.28. The van der Waals surface area contributed by atoms with Crippen molar-refractivity contribution in [3.05, 3.63) is 36.0 Å². The number of nitrogens with zero attached hydrogens (tertiary/aromatic N) is 2. The molecule has 0 bridgehead atoms. The van der Waals surface area contributed by atoms with E-state index in [1.165, 1.54) is 23.5 Å². The maximum absolute atomic E-state index is 12.6. The number of nitriles is 1. The van der Waals surface area contributed by atoms with Crippen molar-refractivity contribution in [2.45, 2.75) is 51.2 Å². The van der Waals surface area contributed by atoms with E-state index in [-0.39, 0.29) is 0 Å². The molecular weight excluding hydrogens is 347 g/mol. The van der Waals surface area contributed by atoms with Crippen molar-refractivity contribution >= 4 is 16.3 Å². The van der Waals surface area contributed by atoms with Crippen molar-refractivity contribution < 1.29 is 13.2 Å². The molecule has 0 saturated heterocycles. The molecule has 0 aliphatic heterocycles. The Morgan fingerprint density at radius 3 is 2.28 bits per heavy atom. The van der Waals surface area contributed by atoms with Crippen LogP contribution in [0.3, 0.4) is 0 Å². The zero-order valence-electron chi connectivity index (χ0n) is 14.2. The molecule has 3 nitrogen and oxygen atoms in total. The zero-order valence-corrected chi connectivity index (χ0v) is 15.0. The Bertz CT molecular complexity index is 723. The smallest absolute Gasteiger partial charge is 0.358 e. The molecule has 0 spiro atoms. The lowest BCUT2D eigenvalue weighted by atomic mass is 10.0. The van der Waals surface area contributed by atoms with Crippen molar-refractivity contribution in [3.63, 3.8) is 0 Å². The topological polar surface area (TPSA) is 48.7 Å². The number of nitrogens with one attached hydrogen (secondary N) is 1. The van der Waals surface area contributed by atoms with Gasteiger partial charge in [0.2, 0.25) is 0 Å². The SMILES string of the molecule is CC.N#CC1(Nc2cnc(-c3ccc(C(F)(F)F)cc3)s2)CCCC1. The monoisotopic (exact) mass is 367 g/mol. The van der Waals surface area contributed by atoms with Gasteiger partial charge in [0, 0.05) is 5.56 Å². The zero-order chi connectivity index (χ0) is 18.5. The van der Waals surface area contributed by atoms with E-state index in [9.17, 15) is 18.4 Å². The van der Waals surface area contributed by atoms with Crippen LogP contribution < -0.4 is 5.32 Å². The van der Waals surface area contributed by atoms with Gasteiger partial charge >= 0.3 is 6.18 Å². The van der Waals surface area contributed by atoms with Gasteiger partial charge in [-0.3, -0.25) is 0 Å². The Balaban J connectivity index is 0.00000109. The Hall–Kier alpha value is -2.07. The fraction of sp³-hybridized carbons (Fsp3) is 0.444. The number of hydrogen-bond acceptors (Lipinski definition) is 4. The lowest BCUT2D eigenvalue weighted by Crippen LogP contribution is -2.32. The average molecular weight is 367 g/mol. The van der Waals surface area contributed by atoms with Crippen LogP contribution >= 0.6 is 11.3 Å². The summed E-state index contributed by atoms with van der Waals surface area (Å²) in [5, 5.41) is 14.0. The maximum Gasteiger partial charge on any atom is 0.416 e. The Labute approximate surface area is 149 Å². The summed E-state index contributed by atoms with van der Waals surface area (Å²) in [5.41, 5.74) is -0.580. The summed E-state index contributed by atoms with van der Waals surface area (Å²) in [6.45, 7) is 4.00. The van der Waals surface area contributed by atoms with Crippen molar-refractivity contribution in [2.75, 3.05) is 5.32 Å². The van der Waals surface area contributed by atoms with Gasteiger partial charge < -0.3 is 5.32 Å². The standard InChI is InChI=1S/C16H14F3N3S.C2H6/c17-16(18,19)12-5-3-11(4-6-12)14-21-9-13(23-14)22-15(10-20)7-1-2-8-15;1-2/h3-6,9,22H,1-2,7-8H2;1-2H3. The average Bonchev–Trinajstić information content (AvgIpc) is 3.27. The molecule has 1 fully saturated rings. The molecule has 1 aromatic heterocycles. The summed E-state index contributed by atoms with van der Waals surface area (Å²) in [7, 11) is 0. The molecule has 1 N–H and O–H groups in total. The number of thiazole rings is 1. The highest BCUT2D eigenvalue weighted by Gasteiger charge is 2.34. The van der Waals surface area contributed by atoms with Crippen LogP contribution in [0.1, 0.15) is 45.1 Å². The number of aromatic nitrogens is 1. The fourth-order valence-corrected chi connectivity index (χ4v) is 3.67. The molecular formula is C18H20F3N3S. The molecule has 1 aliphatic rings. The molecule has 1 aromatic carbocycles. The highest BCUT2D eigenvalue weighted by Crippen LogP contribution is 2.37. The Kier molecular flexibility index (Phi) is 6.07. The third-order valence-corrected chi connectivity index (χ3v) is 4.96. The van der Waals surface area contributed by atoms with E-state index < -0.39 is 17.3 Å². The second-order valence-electron chi connectivity index (χ2n) is 5.63. The van der Waals surface area contributed by atoms with Gasteiger partial charge in [0.1, 0.15) is 15.5 Å². The summed E-state index contributed by atoms with van der Waals surface area (Å²) in [6.07, 6.45) is 0.940. The molecule has 1 heterocycles. The normalized spacial score (nSPS) is 15.8. The largest absolute Gasteiger partial charge is 0.416 e. The molecule has 134 valence electrons. The molecule has 3 rings (SSSR count). The number of rotatable bonds is 3. The molecule has 0 amide bonds. The van der Waals surface area contributed by atoms with Crippen LogP contribution in [0.4, 0.5) is 18.2 Å². The van der Waals surface area contributed by atoms with Crippen molar-refractivity contribution in [1.82, 2.24) is 4.98 Å². The summed E-state index contributed by atoms with van der Waals surface area (Å²) in [4.78, 5) is 4.25. The quantitative estimate of drug-likeness (QED) is 0.713. The van der Waals surface area contributed by atoms with E-state index >= 15 is 0 Å². The van der Waals surface area contributed by atoms with Gasteiger partial charge in [-0.15, -0.1) is 0 Å². The van der Waals surface area contributed by atoms with E-state index in [0.29, 0.717) is 10.6 Å².